The number of aliphatic hydroxyl groups is 1. The van der Waals surface area contributed by atoms with Crippen molar-refractivity contribution in [3.05, 3.63) is 46.6 Å². The van der Waals surface area contributed by atoms with Crippen molar-refractivity contribution in [2.24, 2.45) is 5.92 Å². The summed E-state index contributed by atoms with van der Waals surface area (Å²) in [6.07, 6.45) is 10.7. The van der Waals surface area contributed by atoms with Crippen LogP contribution in [0.3, 0.4) is 0 Å². The normalized spacial score (nSPS) is 17.4. The maximum atomic E-state index is 9.56. The standard InChI is InChI=1S/C14H18O.3ClH.Zr/c1-10-5-3-7-12(10)14(9-15)13-8-4-6-11(13)2;;;;/h3-6,14-15H,7-9H2,1-2H3;3*1H;/q;;;;+3/p-3. The topological polar surface area (TPSA) is 20.2 Å². The Labute approximate surface area is 133 Å². The van der Waals surface area contributed by atoms with Crippen LogP contribution < -0.4 is 0 Å². The molecule has 105 valence electrons. The van der Waals surface area contributed by atoms with Crippen LogP contribution in [0.1, 0.15) is 26.7 Å². The SMILES string of the molecule is CC1=C(C(CO)C2=C(C)C=CC2)CC=C1.[Cl][Zr]([Cl])[Cl]. The van der Waals surface area contributed by atoms with Crippen molar-refractivity contribution in [2.75, 3.05) is 6.61 Å². The average Bonchev–Trinajstić information content (AvgIpc) is 2.91. The number of hydrogen-bond acceptors (Lipinski definition) is 1. The first-order valence-electron chi connectivity index (χ1n) is 6.14. The quantitative estimate of drug-likeness (QED) is 0.690. The summed E-state index contributed by atoms with van der Waals surface area (Å²) in [5.41, 5.74) is 5.47. The van der Waals surface area contributed by atoms with Gasteiger partial charge in [-0.25, -0.2) is 0 Å². The van der Waals surface area contributed by atoms with E-state index in [1.165, 1.54) is 22.3 Å². The minimum absolute atomic E-state index is 0.239. The maximum absolute atomic E-state index is 9.56. The third kappa shape index (κ3) is 5.52. The predicted molar refractivity (Wildman–Crippen MR) is 81.0 cm³/mol. The molecule has 0 atom stereocenters. The molecule has 5 heteroatoms. The van der Waals surface area contributed by atoms with E-state index in [0.717, 1.165) is 12.8 Å². The van der Waals surface area contributed by atoms with Gasteiger partial charge in [-0.1, -0.05) is 46.6 Å². The zero-order valence-electron chi connectivity index (χ0n) is 11.1. The molecule has 0 aromatic heterocycles. The van der Waals surface area contributed by atoms with Crippen LogP contribution in [-0.4, -0.2) is 11.7 Å². The molecule has 0 radical (unpaired) electrons. The number of hydrogen-bond donors (Lipinski definition) is 1. The molecule has 0 aliphatic heterocycles. The van der Waals surface area contributed by atoms with Gasteiger partial charge >= 0.3 is 43.7 Å². The van der Waals surface area contributed by atoms with Crippen molar-refractivity contribution in [1.82, 2.24) is 0 Å². The monoisotopic (exact) mass is 397 g/mol. The van der Waals surface area contributed by atoms with Crippen LogP contribution in [0, 0.1) is 5.92 Å². The molecule has 0 spiro atoms. The predicted octanol–water partition coefficient (Wildman–Crippen LogP) is 5.21. The summed E-state index contributed by atoms with van der Waals surface area (Å²) in [5, 5.41) is 9.56. The van der Waals surface area contributed by atoms with Gasteiger partial charge in [-0.15, -0.1) is 0 Å². The third-order valence-corrected chi connectivity index (χ3v) is 3.45. The van der Waals surface area contributed by atoms with E-state index >= 15 is 0 Å². The molecule has 19 heavy (non-hydrogen) atoms. The van der Waals surface area contributed by atoms with Gasteiger partial charge in [0, 0.05) is 5.92 Å². The van der Waals surface area contributed by atoms with Crippen LogP contribution >= 0.6 is 25.5 Å². The average molecular weight is 400 g/mol. The molecule has 0 bridgehead atoms. The van der Waals surface area contributed by atoms with E-state index in [1.807, 2.05) is 0 Å². The van der Waals surface area contributed by atoms with E-state index in [-0.39, 0.29) is 12.5 Å². The number of aliphatic hydroxyl groups excluding tert-OH is 1. The molecule has 1 nitrogen and oxygen atoms in total. The van der Waals surface area contributed by atoms with Gasteiger partial charge in [-0.3, -0.25) is 0 Å². The fraction of sp³-hybridized carbons (Fsp3) is 0.429. The molecular formula is C14H18Cl3OZr. The van der Waals surface area contributed by atoms with E-state index in [2.05, 4.69) is 38.2 Å². The van der Waals surface area contributed by atoms with Gasteiger partial charge < -0.3 is 5.11 Å². The van der Waals surface area contributed by atoms with Crippen molar-refractivity contribution in [3.8, 4) is 0 Å². The summed E-state index contributed by atoms with van der Waals surface area (Å²) in [4.78, 5) is 0. The van der Waals surface area contributed by atoms with E-state index in [4.69, 9.17) is 25.5 Å². The van der Waals surface area contributed by atoms with Gasteiger partial charge in [0.2, 0.25) is 0 Å². The number of allylic oxidation sites excluding steroid dienone is 6. The Morgan fingerprint density at radius 3 is 1.63 bits per heavy atom. The fourth-order valence-corrected chi connectivity index (χ4v) is 2.53. The van der Waals surface area contributed by atoms with Gasteiger partial charge in [0.15, 0.2) is 0 Å². The van der Waals surface area contributed by atoms with Crippen LogP contribution in [0.2, 0.25) is 0 Å². The van der Waals surface area contributed by atoms with Gasteiger partial charge in [0.05, 0.1) is 6.61 Å². The second-order valence-electron chi connectivity index (χ2n) is 4.58. The number of halogens is 3. The summed E-state index contributed by atoms with van der Waals surface area (Å²) in [6.45, 7) is 4.52. The molecule has 2 rings (SSSR count). The zero-order chi connectivity index (χ0) is 14.4. The van der Waals surface area contributed by atoms with Crippen LogP contribution in [0.25, 0.3) is 0 Å². The summed E-state index contributed by atoms with van der Waals surface area (Å²) >= 11 is -2.13. The first-order chi connectivity index (χ1) is 8.97. The Hall–Kier alpha value is 0.673. The van der Waals surface area contributed by atoms with Crippen molar-refractivity contribution >= 4 is 25.5 Å². The molecule has 0 saturated carbocycles. The van der Waals surface area contributed by atoms with Crippen molar-refractivity contribution in [1.29, 1.82) is 0 Å². The summed E-state index contributed by atoms with van der Waals surface area (Å²) in [7, 11) is 15.0. The van der Waals surface area contributed by atoms with Crippen LogP contribution in [0.15, 0.2) is 46.6 Å². The van der Waals surface area contributed by atoms with Gasteiger partial charge in [-0.05, 0) is 26.7 Å². The molecular weight excluding hydrogens is 382 g/mol. The molecule has 1 N–H and O–H groups in total. The van der Waals surface area contributed by atoms with E-state index in [1.54, 1.807) is 0 Å². The Kier molecular flexibility index (Phi) is 8.25. The minimum atomic E-state index is -2.13. The van der Waals surface area contributed by atoms with Gasteiger partial charge in [0.1, 0.15) is 0 Å². The number of rotatable bonds is 3. The van der Waals surface area contributed by atoms with Gasteiger partial charge in [0.25, 0.3) is 0 Å². The van der Waals surface area contributed by atoms with E-state index in [9.17, 15) is 5.11 Å². The van der Waals surface area contributed by atoms with E-state index < -0.39 is 18.2 Å². The Morgan fingerprint density at radius 1 is 1.05 bits per heavy atom. The molecule has 0 aromatic rings. The Bertz CT molecular complexity index is 397. The zero-order valence-corrected chi connectivity index (χ0v) is 15.8. The summed E-state index contributed by atoms with van der Waals surface area (Å²) in [6, 6.07) is 0. The molecule has 0 saturated heterocycles. The molecule has 0 amide bonds. The van der Waals surface area contributed by atoms with Crippen molar-refractivity contribution in [2.45, 2.75) is 26.7 Å². The fourth-order valence-electron chi connectivity index (χ4n) is 2.53. The van der Waals surface area contributed by atoms with Crippen molar-refractivity contribution in [3.63, 3.8) is 0 Å². The second kappa shape index (κ2) is 8.85. The molecule has 0 fully saturated rings. The molecule has 0 heterocycles. The summed E-state index contributed by atoms with van der Waals surface area (Å²) in [5.74, 6) is 0.245. The first-order valence-corrected chi connectivity index (χ1v) is 15.6. The van der Waals surface area contributed by atoms with Crippen LogP contribution in [0.5, 0.6) is 0 Å². The van der Waals surface area contributed by atoms with Crippen LogP contribution in [-0.2, 0) is 18.2 Å². The van der Waals surface area contributed by atoms with Crippen LogP contribution in [0.4, 0.5) is 0 Å². The van der Waals surface area contributed by atoms with E-state index in [0.29, 0.717) is 0 Å². The first kappa shape index (κ1) is 17.7. The molecule has 0 aromatic carbocycles. The third-order valence-electron chi connectivity index (χ3n) is 3.45. The molecule has 0 unspecified atom stereocenters. The van der Waals surface area contributed by atoms with Crippen molar-refractivity contribution < 1.29 is 23.3 Å². The second-order valence-corrected chi connectivity index (χ2v) is 15.8. The Balaban J connectivity index is 0.000000399. The molecule has 2 aliphatic rings. The molecule has 2 aliphatic carbocycles. The van der Waals surface area contributed by atoms with Gasteiger partial charge in [-0.2, -0.15) is 0 Å². The summed E-state index contributed by atoms with van der Waals surface area (Å²) < 4.78 is 0. The Morgan fingerprint density at radius 2 is 1.42 bits per heavy atom.